The van der Waals surface area contributed by atoms with Gasteiger partial charge in [0.25, 0.3) is 0 Å². The molecule has 17 heavy (non-hydrogen) atoms. The third-order valence-electron chi connectivity index (χ3n) is 2.44. The van der Waals surface area contributed by atoms with Gasteiger partial charge in [-0.25, -0.2) is 0 Å². The van der Waals surface area contributed by atoms with Gasteiger partial charge < -0.3 is 15.2 Å². The van der Waals surface area contributed by atoms with E-state index < -0.39 is 6.10 Å². The van der Waals surface area contributed by atoms with Crippen LogP contribution in [-0.4, -0.2) is 30.5 Å². The van der Waals surface area contributed by atoms with Crippen molar-refractivity contribution in [1.29, 1.82) is 0 Å². The number of aliphatic hydroxyl groups is 1. The normalized spacial score (nSPS) is 14.9. The highest BCUT2D eigenvalue weighted by atomic mass is 32.1. The first-order valence-corrected chi connectivity index (χ1v) is 7.08. The second-order valence-electron chi connectivity index (χ2n) is 4.82. The Kier molecular flexibility index (Phi) is 6.55. The topological polar surface area (TPSA) is 41.5 Å². The molecule has 98 valence electrons. The molecule has 2 unspecified atom stereocenters. The van der Waals surface area contributed by atoms with Crippen molar-refractivity contribution in [2.75, 3.05) is 18.5 Å². The van der Waals surface area contributed by atoms with Gasteiger partial charge in [-0.15, -0.1) is 0 Å². The van der Waals surface area contributed by atoms with Gasteiger partial charge in [-0.3, -0.25) is 0 Å². The standard InChI is InChI=1S/C13H23NO2S/c1-10(2)6-11(3)16-8-13(15)7-14-12-4-5-17-9-12/h4-5,9-11,13-15H,6-8H2,1-3H3. The molecule has 1 rings (SSSR count). The van der Waals surface area contributed by atoms with Gasteiger partial charge in [0.1, 0.15) is 0 Å². The fourth-order valence-corrected chi connectivity index (χ4v) is 2.28. The maximum absolute atomic E-state index is 9.75. The van der Waals surface area contributed by atoms with Crippen LogP contribution in [0.25, 0.3) is 0 Å². The lowest BCUT2D eigenvalue weighted by atomic mass is 10.1. The summed E-state index contributed by atoms with van der Waals surface area (Å²) in [5.74, 6) is 0.631. The summed E-state index contributed by atoms with van der Waals surface area (Å²) in [7, 11) is 0. The van der Waals surface area contributed by atoms with Crippen molar-refractivity contribution in [3.63, 3.8) is 0 Å². The van der Waals surface area contributed by atoms with E-state index in [4.69, 9.17) is 4.74 Å². The fourth-order valence-electron chi connectivity index (χ4n) is 1.67. The van der Waals surface area contributed by atoms with Crippen LogP contribution in [0.3, 0.4) is 0 Å². The SMILES string of the molecule is CC(C)CC(C)OCC(O)CNc1ccsc1. The van der Waals surface area contributed by atoms with Crippen LogP contribution < -0.4 is 5.32 Å². The second-order valence-corrected chi connectivity index (χ2v) is 5.60. The molecule has 0 radical (unpaired) electrons. The lowest BCUT2D eigenvalue weighted by molar-refractivity contribution is -0.00443. The van der Waals surface area contributed by atoms with Gasteiger partial charge in [0.2, 0.25) is 0 Å². The number of ether oxygens (including phenoxy) is 1. The largest absolute Gasteiger partial charge is 0.389 e. The van der Waals surface area contributed by atoms with Crippen molar-refractivity contribution in [3.05, 3.63) is 16.8 Å². The summed E-state index contributed by atoms with van der Waals surface area (Å²) in [4.78, 5) is 0. The van der Waals surface area contributed by atoms with E-state index >= 15 is 0 Å². The van der Waals surface area contributed by atoms with Crippen molar-refractivity contribution in [1.82, 2.24) is 0 Å². The van der Waals surface area contributed by atoms with E-state index in [9.17, 15) is 5.11 Å². The molecular weight excluding hydrogens is 234 g/mol. The number of hydrogen-bond acceptors (Lipinski definition) is 4. The Labute approximate surface area is 108 Å². The molecule has 0 bridgehead atoms. The zero-order valence-electron chi connectivity index (χ0n) is 10.8. The van der Waals surface area contributed by atoms with E-state index in [0.29, 0.717) is 19.1 Å². The van der Waals surface area contributed by atoms with Gasteiger partial charge >= 0.3 is 0 Å². The molecule has 1 aromatic rings. The number of rotatable bonds is 8. The Hall–Kier alpha value is -0.580. The van der Waals surface area contributed by atoms with Crippen molar-refractivity contribution in [2.45, 2.75) is 39.4 Å². The molecule has 0 saturated carbocycles. The lowest BCUT2D eigenvalue weighted by Crippen LogP contribution is -2.27. The smallest absolute Gasteiger partial charge is 0.0945 e. The molecule has 4 heteroatoms. The predicted octanol–water partition coefficient (Wildman–Crippen LogP) is 2.97. The van der Waals surface area contributed by atoms with Crippen molar-refractivity contribution >= 4 is 17.0 Å². The molecule has 0 amide bonds. The van der Waals surface area contributed by atoms with Crippen molar-refractivity contribution in [3.8, 4) is 0 Å². The average molecular weight is 257 g/mol. The van der Waals surface area contributed by atoms with Crippen LogP contribution in [0.2, 0.25) is 0 Å². The molecule has 0 fully saturated rings. The minimum Gasteiger partial charge on any atom is -0.389 e. The molecule has 1 heterocycles. The summed E-state index contributed by atoms with van der Waals surface area (Å²) in [5, 5.41) is 16.9. The number of hydrogen-bond donors (Lipinski definition) is 2. The molecule has 2 N–H and O–H groups in total. The van der Waals surface area contributed by atoms with Gasteiger partial charge in [-0.1, -0.05) is 13.8 Å². The first-order chi connectivity index (χ1) is 8.08. The van der Waals surface area contributed by atoms with E-state index in [0.717, 1.165) is 12.1 Å². The van der Waals surface area contributed by atoms with Crippen molar-refractivity contribution in [2.24, 2.45) is 5.92 Å². The fraction of sp³-hybridized carbons (Fsp3) is 0.692. The summed E-state index contributed by atoms with van der Waals surface area (Å²) in [6, 6.07) is 2.00. The molecular formula is C13H23NO2S. The predicted molar refractivity (Wildman–Crippen MR) is 73.7 cm³/mol. The van der Waals surface area contributed by atoms with Crippen LogP contribution >= 0.6 is 11.3 Å². The van der Waals surface area contributed by atoms with Gasteiger partial charge in [-0.2, -0.15) is 11.3 Å². The van der Waals surface area contributed by atoms with E-state index in [2.05, 4.69) is 26.1 Å². The maximum atomic E-state index is 9.75. The van der Waals surface area contributed by atoms with Crippen LogP contribution in [0.4, 0.5) is 5.69 Å². The Morgan fingerprint density at radius 3 is 2.76 bits per heavy atom. The summed E-state index contributed by atoms with van der Waals surface area (Å²) < 4.78 is 5.60. The highest BCUT2D eigenvalue weighted by Gasteiger charge is 2.09. The Morgan fingerprint density at radius 2 is 2.18 bits per heavy atom. The molecule has 0 aliphatic rings. The molecule has 0 spiro atoms. The van der Waals surface area contributed by atoms with Crippen LogP contribution in [0.15, 0.2) is 16.8 Å². The summed E-state index contributed by atoms with van der Waals surface area (Å²) in [5.41, 5.74) is 1.06. The number of nitrogens with one attached hydrogen (secondary N) is 1. The van der Waals surface area contributed by atoms with Crippen LogP contribution in [0.5, 0.6) is 0 Å². The quantitative estimate of drug-likeness (QED) is 0.752. The Bertz CT molecular complexity index is 288. The molecule has 0 aliphatic carbocycles. The van der Waals surface area contributed by atoms with Crippen LogP contribution in [0, 0.1) is 5.92 Å². The molecule has 0 aromatic carbocycles. The highest BCUT2D eigenvalue weighted by Crippen LogP contribution is 2.12. The average Bonchev–Trinajstić information content (AvgIpc) is 2.75. The first kappa shape index (κ1) is 14.5. The van der Waals surface area contributed by atoms with E-state index in [-0.39, 0.29) is 6.10 Å². The molecule has 2 atom stereocenters. The zero-order chi connectivity index (χ0) is 12.7. The van der Waals surface area contributed by atoms with E-state index in [1.807, 2.05) is 16.8 Å². The van der Waals surface area contributed by atoms with Gasteiger partial charge in [0.05, 0.1) is 18.8 Å². The first-order valence-electron chi connectivity index (χ1n) is 6.13. The van der Waals surface area contributed by atoms with E-state index in [1.165, 1.54) is 0 Å². The summed E-state index contributed by atoms with van der Waals surface area (Å²) >= 11 is 1.64. The Balaban J connectivity index is 2.10. The molecule has 0 saturated heterocycles. The lowest BCUT2D eigenvalue weighted by Gasteiger charge is -2.18. The summed E-state index contributed by atoms with van der Waals surface area (Å²) in [6.07, 6.45) is 0.792. The minimum absolute atomic E-state index is 0.214. The number of thiophene rings is 1. The molecule has 1 aromatic heterocycles. The third kappa shape index (κ3) is 6.66. The highest BCUT2D eigenvalue weighted by molar-refractivity contribution is 7.08. The Morgan fingerprint density at radius 1 is 1.41 bits per heavy atom. The zero-order valence-corrected chi connectivity index (χ0v) is 11.7. The van der Waals surface area contributed by atoms with Crippen molar-refractivity contribution < 1.29 is 9.84 Å². The number of anilines is 1. The number of aliphatic hydroxyl groups excluding tert-OH is 1. The van der Waals surface area contributed by atoms with Crippen LogP contribution in [-0.2, 0) is 4.74 Å². The molecule has 0 aliphatic heterocycles. The van der Waals surface area contributed by atoms with Gasteiger partial charge in [0, 0.05) is 17.6 Å². The summed E-state index contributed by atoms with van der Waals surface area (Å²) in [6.45, 7) is 7.33. The molecule has 3 nitrogen and oxygen atoms in total. The third-order valence-corrected chi connectivity index (χ3v) is 3.12. The second kappa shape index (κ2) is 7.69. The van der Waals surface area contributed by atoms with Crippen LogP contribution in [0.1, 0.15) is 27.2 Å². The van der Waals surface area contributed by atoms with Gasteiger partial charge in [-0.05, 0) is 30.7 Å². The van der Waals surface area contributed by atoms with Gasteiger partial charge in [0.15, 0.2) is 0 Å². The minimum atomic E-state index is -0.454. The van der Waals surface area contributed by atoms with E-state index in [1.54, 1.807) is 11.3 Å². The maximum Gasteiger partial charge on any atom is 0.0945 e. The monoisotopic (exact) mass is 257 g/mol.